The normalized spacial score (nSPS) is 10.9. The smallest absolute Gasteiger partial charge is 0.251 e. The average Bonchev–Trinajstić information content (AvgIpc) is 3.13. The molecule has 0 atom stereocenters. The number of carbonyl (C=O) groups is 1. The van der Waals surface area contributed by atoms with E-state index >= 15 is 0 Å². The van der Waals surface area contributed by atoms with Gasteiger partial charge in [0.05, 0.1) is 11.4 Å². The molecule has 0 saturated heterocycles. The summed E-state index contributed by atoms with van der Waals surface area (Å²) in [5, 5.41) is 8.43. The first-order valence-corrected chi connectivity index (χ1v) is 11.6. The highest BCUT2D eigenvalue weighted by atomic mass is 35.5. The Balaban J connectivity index is 1.37. The van der Waals surface area contributed by atoms with Crippen molar-refractivity contribution in [3.05, 3.63) is 111 Å². The topological polar surface area (TPSA) is 56.1 Å². The number of ether oxygens (including phenoxy) is 1. The number of hydrogen-bond donors (Lipinski definition) is 1. The van der Waals surface area contributed by atoms with Crippen LogP contribution in [0.25, 0.3) is 5.69 Å². The summed E-state index contributed by atoms with van der Waals surface area (Å²) in [5.41, 5.74) is 7.52. The Labute approximate surface area is 205 Å². The van der Waals surface area contributed by atoms with E-state index in [0.717, 1.165) is 50.1 Å². The maximum Gasteiger partial charge on any atom is 0.251 e. The molecule has 0 unspecified atom stereocenters. The van der Waals surface area contributed by atoms with Crippen LogP contribution in [-0.2, 0) is 13.2 Å². The number of aryl methyl sites for hydroxylation is 3. The molecule has 0 fully saturated rings. The number of aromatic nitrogens is 2. The fourth-order valence-electron chi connectivity index (χ4n) is 3.93. The number of nitrogens with zero attached hydrogens (tertiary/aromatic N) is 2. The van der Waals surface area contributed by atoms with Gasteiger partial charge in [0.2, 0.25) is 0 Å². The van der Waals surface area contributed by atoms with Crippen LogP contribution in [0, 0.1) is 27.7 Å². The van der Waals surface area contributed by atoms with Gasteiger partial charge in [0.25, 0.3) is 5.91 Å². The molecule has 4 rings (SSSR count). The molecule has 0 aliphatic rings. The minimum Gasteiger partial charge on any atom is -0.489 e. The quantitative estimate of drug-likeness (QED) is 0.344. The van der Waals surface area contributed by atoms with Crippen LogP contribution in [-0.4, -0.2) is 15.7 Å². The third kappa shape index (κ3) is 5.15. The molecule has 0 bridgehead atoms. The van der Waals surface area contributed by atoms with Crippen molar-refractivity contribution in [2.24, 2.45) is 0 Å². The summed E-state index contributed by atoms with van der Waals surface area (Å²) < 4.78 is 7.82. The summed E-state index contributed by atoms with van der Waals surface area (Å²) in [6, 6.07) is 21.3. The maximum absolute atomic E-state index is 12.7. The highest BCUT2D eigenvalue weighted by molar-refractivity contribution is 6.32. The molecule has 0 saturated carbocycles. The van der Waals surface area contributed by atoms with E-state index in [0.29, 0.717) is 18.7 Å². The van der Waals surface area contributed by atoms with Crippen molar-refractivity contribution in [1.29, 1.82) is 0 Å². The van der Waals surface area contributed by atoms with E-state index in [9.17, 15) is 4.79 Å². The van der Waals surface area contributed by atoms with Crippen LogP contribution in [0.15, 0.2) is 66.7 Å². The Morgan fingerprint density at radius 2 is 1.62 bits per heavy atom. The first-order valence-electron chi connectivity index (χ1n) is 11.2. The molecule has 3 aromatic carbocycles. The van der Waals surface area contributed by atoms with E-state index < -0.39 is 0 Å². The molecular weight excluding hydrogens is 446 g/mol. The molecule has 174 valence electrons. The summed E-state index contributed by atoms with van der Waals surface area (Å²) in [5.74, 6) is 0.658. The molecular formula is C28H28ClN3O2. The van der Waals surface area contributed by atoms with Crippen LogP contribution in [0.5, 0.6) is 5.75 Å². The second-order valence-electron chi connectivity index (χ2n) is 8.44. The number of halogens is 1. The lowest BCUT2D eigenvalue weighted by Gasteiger charge is -2.11. The number of benzene rings is 3. The lowest BCUT2D eigenvalue weighted by Crippen LogP contribution is -2.23. The fraction of sp³-hybridized carbons (Fsp3) is 0.214. The SMILES string of the molecule is Cc1cc(OCc2ccc(C(=O)NCc3c(C)nn(-c4ccccc4)c3C)cc2)cc(C)c1Cl. The molecule has 0 aliphatic carbocycles. The van der Waals surface area contributed by atoms with Gasteiger partial charge in [-0.15, -0.1) is 0 Å². The van der Waals surface area contributed by atoms with Gasteiger partial charge in [-0.1, -0.05) is 41.9 Å². The second-order valence-corrected chi connectivity index (χ2v) is 8.81. The Hall–Kier alpha value is -3.57. The zero-order valence-corrected chi connectivity index (χ0v) is 20.6. The van der Waals surface area contributed by atoms with Crippen LogP contribution < -0.4 is 10.1 Å². The molecule has 1 amide bonds. The third-order valence-electron chi connectivity index (χ3n) is 5.90. The van der Waals surface area contributed by atoms with E-state index in [4.69, 9.17) is 16.3 Å². The second kappa shape index (κ2) is 10.1. The minimum atomic E-state index is -0.123. The number of para-hydroxylation sites is 1. The van der Waals surface area contributed by atoms with Gasteiger partial charge in [-0.05, 0) is 80.8 Å². The Bertz CT molecular complexity index is 1290. The van der Waals surface area contributed by atoms with Crippen molar-refractivity contribution in [2.75, 3.05) is 0 Å². The molecule has 0 aliphatic heterocycles. The highest BCUT2D eigenvalue weighted by Gasteiger charge is 2.14. The van der Waals surface area contributed by atoms with Gasteiger partial charge < -0.3 is 10.1 Å². The van der Waals surface area contributed by atoms with E-state index in [-0.39, 0.29) is 5.91 Å². The van der Waals surface area contributed by atoms with E-state index in [1.165, 1.54) is 0 Å². The van der Waals surface area contributed by atoms with Gasteiger partial charge in [0.15, 0.2) is 0 Å². The van der Waals surface area contributed by atoms with Gasteiger partial charge >= 0.3 is 0 Å². The lowest BCUT2D eigenvalue weighted by molar-refractivity contribution is 0.0951. The summed E-state index contributed by atoms with van der Waals surface area (Å²) in [6.07, 6.45) is 0. The van der Waals surface area contributed by atoms with Gasteiger partial charge in [0.1, 0.15) is 12.4 Å². The Morgan fingerprint density at radius 1 is 0.971 bits per heavy atom. The number of carbonyl (C=O) groups excluding carboxylic acids is 1. The molecule has 4 aromatic rings. The van der Waals surface area contributed by atoms with Crippen molar-refractivity contribution < 1.29 is 9.53 Å². The number of nitrogens with one attached hydrogen (secondary N) is 1. The van der Waals surface area contributed by atoms with Crippen LogP contribution in [0.2, 0.25) is 5.02 Å². The van der Waals surface area contributed by atoms with Crippen molar-refractivity contribution in [1.82, 2.24) is 15.1 Å². The monoisotopic (exact) mass is 473 g/mol. The largest absolute Gasteiger partial charge is 0.489 e. The van der Waals surface area contributed by atoms with Crippen LogP contribution in [0.3, 0.4) is 0 Å². The van der Waals surface area contributed by atoms with Gasteiger partial charge in [-0.2, -0.15) is 5.10 Å². The van der Waals surface area contributed by atoms with Crippen LogP contribution >= 0.6 is 11.6 Å². The van der Waals surface area contributed by atoms with Crippen molar-refractivity contribution in [2.45, 2.75) is 40.8 Å². The predicted molar refractivity (Wildman–Crippen MR) is 136 cm³/mol. The Kier molecular flexibility index (Phi) is 7.03. The first-order chi connectivity index (χ1) is 16.3. The molecule has 1 heterocycles. The van der Waals surface area contributed by atoms with Crippen molar-refractivity contribution >= 4 is 17.5 Å². The summed E-state index contributed by atoms with van der Waals surface area (Å²) >= 11 is 6.23. The standard InChI is InChI=1S/C28H28ClN3O2/c1-18-14-25(15-19(2)27(18)29)34-17-22-10-12-23(13-11-22)28(33)30-16-26-20(3)31-32(21(26)4)24-8-6-5-7-9-24/h5-15H,16-17H2,1-4H3,(H,30,33). The summed E-state index contributed by atoms with van der Waals surface area (Å²) in [4.78, 5) is 12.7. The minimum absolute atomic E-state index is 0.123. The Morgan fingerprint density at radius 3 is 2.26 bits per heavy atom. The van der Waals surface area contributed by atoms with Crippen LogP contribution in [0.1, 0.15) is 44.0 Å². The molecule has 34 heavy (non-hydrogen) atoms. The van der Waals surface area contributed by atoms with Crippen LogP contribution in [0.4, 0.5) is 0 Å². The zero-order chi connectivity index (χ0) is 24.2. The average molecular weight is 474 g/mol. The lowest BCUT2D eigenvalue weighted by atomic mass is 10.1. The third-order valence-corrected chi connectivity index (χ3v) is 6.50. The maximum atomic E-state index is 12.7. The predicted octanol–water partition coefficient (Wildman–Crippen LogP) is 6.27. The van der Waals surface area contributed by atoms with E-state index in [2.05, 4.69) is 10.4 Å². The van der Waals surface area contributed by atoms with Gasteiger partial charge in [-0.25, -0.2) is 4.68 Å². The molecule has 0 radical (unpaired) electrons. The number of hydrogen-bond acceptors (Lipinski definition) is 3. The molecule has 0 spiro atoms. The van der Waals surface area contributed by atoms with Gasteiger partial charge in [0, 0.05) is 28.4 Å². The molecule has 1 aromatic heterocycles. The van der Waals surface area contributed by atoms with E-state index in [1.807, 2.05) is 99.1 Å². The number of rotatable bonds is 7. The first kappa shape index (κ1) is 23.6. The highest BCUT2D eigenvalue weighted by Crippen LogP contribution is 2.26. The van der Waals surface area contributed by atoms with Crippen molar-refractivity contribution in [3.63, 3.8) is 0 Å². The zero-order valence-electron chi connectivity index (χ0n) is 19.9. The molecule has 1 N–H and O–H groups in total. The molecule has 5 nitrogen and oxygen atoms in total. The van der Waals surface area contributed by atoms with Gasteiger partial charge in [-0.3, -0.25) is 4.79 Å². The fourth-order valence-corrected chi connectivity index (χ4v) is 4.04. The summed E-state index contributed by atoms with van der Waals surface area (Å²) in [6.45, 7) is 8.75. The van der Waals surface area contributed by atoms with E-state index in [1.54, 1.807) is 0 Å². The summed E-state index contributed by atoms with van der Waals surface area (Å²) in [7, 11) is 0. The number of amides is 1. The van der Waals surface area contributed by atoms with Crippen molar-refractivity contribution in [3.8, 4) is 11.4 Å². The molecule has 6 heteroatoms.